The quantitative estimate of drug-likeness (QED) is 0.848. The number of thiazole rings is 1. The first kappa shape index (κ1) is 11.7. The number of aromatic nitrogens is 3. The van der Waals surface area contributed by atoms with Crippen molar-refractivity contribution in [3.05, 3.63) is 22.0 Å². The maximum atomic E-state index is 11.7. The van der Waals surface area contributed by atoms with Crippen LogP contribution in [0.1, 0.15) is 34.4 Å². The van der Waals surface area contributed by atoms with Gasteiger partial charge in [0.1, 0.15) is 10.7 Å². The third kappa shape index (κ3) is 2.66. The molecular weight excluding hydrogens is 242 g/mol. The van der Waals surface area contributed by atoms with Crippen molar-refractivity contribution < 1.29 is 9.21 Å². The van der Waals surface area contributed by atoms with Crippen molar-refractivity contribution in [1.29, 1.82) is 0 Å². The molecule has 0 fully saturated rings. The minimum atomic E-state index is -0.392. The summed E-state index contributed by atoms with van der Waals surface area (Å²) in [5.74, 6) is -0.00773. The first-order chi connectivity index (χ1) is 8.06. The molecule has 0 bridgehead atoms. The molecule has 2 rings (SSSR count). The molecular formula is C9H11N5O2S. The van der Waals surface area contributed by atoms with E-state index in [0.717, 1.165) is 0 Å². The maximum Gasteiger partial charge on any atom is 0.322 e. The molecule has 1 amide bonds. The predicted octanol–water partition coefficient (Wildman–Crippen LogP) is 1.11. The second-order valence-electron chi connectivity index (χ2n) is 3.44. The van der Waals surface area contributed by atoms with Crippen molar-refractivity contribution >= 4 is 23.3 Å². The Kier molecular flexibility index (Phi) is 3.16. The van der Waals surface area contributed by atoms with Crippen molar-refractivity contribution in [3.8, 4) is 0 Å². The van der Waals surface area contributed by atoms with Crippen molar-refractivity contribution in [3.63, 3.8) is 0 Å². The summed E-state index contributed by atoms with van der Waals surface area (Å²) in [4.78, 5) is 15.8. The minimum Gasteiger partial charge on any atom is -0.408 e. The topological polar surface area (TPSA) is 107 Å². The number of hydrogen-bond acceptors (Lipinski definition) is 7. The van der Waals surface area contributed by atoms with Crippen LogP contribution in [0.15, 0.2) is 9.80 Å². The van der Waals surface area contributed by atoms with Gasteiger partial charge < -0.3 is 10.2 Å². The van der Waals surface area contributed by atoms with Gasteiger partial charge in [-0.2, -0.15) is 0 Å². The highest BCUT2D eigenvalue weighted by Gasteiger charge is 2.15. The van der Waals surface area contributed by atoms with E-state index in [-0.39, 0.29) is 17.8 Å². The van der Waals surface area contributed by atoms with Gasteiger partial charge in [0.25, 0.3) is 5.91 Å². The Bertz CT molecular complexity index is 533. The number of nitrogens with zero attached hydrogens (tertiary/aromatic N) is 3. The van der Waals surface area contributed by atoms with Gasteiger partial charge >= 0.3 is 6.01 Å². The van der Waals surface area contributed by atoms with Crippen LogP contribution in [0, 0.1) is 6.92 Å². The molecule has 0 aromatic carbocycles. The van der Waals surface area contributed by atoms with Gasteiger partial charge in [-0.1, -0.05) is 5.10 Å². The molecule has 0 spiro atoms. The van der Waals surface area contributed by atoms with Crippen molar-refractivity contribution in [2.24, 2.45) is 5.73 Å². The van der Waals surface area contributed by atoms with E-state index in [2.05, 4.69) is 20.5 Å². The molecule has 2 heterocycles. The van der Waals surface area contributed by atoms with E-state index < -0.39 is 5.91 Å². The highest BCUT2D eigenvalue weighted by atomic mass is 32.1. The van der Waals surface area contributed by atoms with E-state index in [1.807, 2.05) is 6.92 Å². The summed E-state index contributed by atoms with van der Waals surface area (Å²) in [6.07, 6.45) is 0. The number of carbonyl (C=O) groups is 1. The fourth-order valence-electron chi connectivity index (χ4n) is 1.11. The molecule has 8 heteroatoms. The normalized spacial score (nSPS) is 12.4. The number of aryl methyl sites for hydroxylation is 1. The Morgan fingerprint density at radius 2 is 2.35 bits per heavy atom. The first-order valence-corrected chi connectivity index (χ1v) is 5.76. The average molecular weight is 253 g/mol. The summed E-state index contributed by atoms with van der Waals surface area (Å²) >= 11 is 1.34. The van der Waals surface area contributed by atoms with Gasteiger partial charge in [0.15, 0.2) is 0 Å². The van der Waals surface area contributed by atoms with Gasteiger partial charge in [0.2, 0.25) is 5.89 Å². The number of nitrogens with two attached hydrogens (primary N) is 1. The fraction of sp³-hybridized carbons (Fsp3) is 0.333. The number of carbonyl (C=O) groups excluding carboxylic acids is 1. The number of nitrogens with one attached hydrogen (secondary N) is 1. The largest absolute Gasteiger partial charge is 0.408 e. The Morgan fingerprint density at radius 1 is 1.59 bits per heavy atom. The van der Waals surface area contributed by atoms with Crippen LogP contribution in [0.5, 0.6) is 0 Å². The van der Waals surface area contributed by atoms with E-state index in [1.54, 1.807) is 12.3 Å². The van der Waals surface area contributed by atoms with Crippen molar-refractivity contribution in [2.75, 3.05) is 5.32 Å². The van der Waals surface area contributed by atoms with Gasteiger partial charge in [-0.3, -0.25) is 10.1 Å². The molecule has 2 aromatic heterocycles. The Morgan fingerprint density at radius 3 is 2.88 bits per heavy atom. The van der Waals surface area contributed by atoms with E-state index in [1.165, 1.54) is 11.3 Å². The summed E-state index contributed by atoms with van der Waals surface area (Å²) in [6, 6.07) is -0.130. The average Bonchev–Trinajstić information content (AvgIpc) is 2.86. The van der Waals surface area contributed by atoms with Crippen LogP contribution in [-0.2, 0) is 0 Å². The molecule has 90 valence electrons. The SMILES string of the molecule is Cc1nnc(NC(=O)c2csc(C(C)N)n2)o1. The lowest BCUT2D eigenvalue weighted by molar-refractivity contribution is 0.102. The Hall–Kier alpha value is -1.80. The molecule has 17 heavy (non-hydrogen) atoms. The molecule has 0 radical (unpaired) electrons. The summed E-state index contributed by atoms with van der Waals surface area (Å²) in [5, 5.41) is 12.1. The van der Waals surface area contributed by atoms with Crippen molar-refractivity contribution in [2.45, 2.75) is 19.9 Å². The second kappa shape index (κ2) is 4.60. The van der Waals surface area contributed by atoms with Gasteiger partial charge in [-0.05, 0) is 6.92 Å². The van der Waals surface area contributed by atoms with E-state index >= 15 is 0 Å². The molecule has 0 saturated carbocycles. The lowest BCUT2D eigenvalue weighted by Crippen LogP contribution is -2.13. The van der Waals surface area contributed by atoms with Gasteiger partial charge in [-0.15, -0.1) is 16.4 Å². The monoisotopic (exact) mass is 253 g/mol. The number of hydrogen-bond donors (Lipinski definition) is 2. The van der Waals surface area contributed by atoms with Crippen molar-refractivity contribution in [1.82, 2.24) is 15.2 Å². The molecule has 7 nitrogen and oxygen atoms in total. The zero-order chi connectivity index (χ0) is 12.4. The maximum absolute atomic E-state index is 11.7. The van der Waals surface area contributed by atoms with Gasteiger partial charge in [0.05, 0.1) is 6.04 Å². The molecule has 0 aliphatic carbocycles. The summed E-state index contributed by atoms with van der Waals surface area (Å²) in [5.41, 5.74) is 5.95. The zero-order valence-electron chi connectivity index (χ0n) is 9.30. The van der Waals surface area contributed by atoms with Crippen LogP contribution < -0.4 is 11.1 Å². The number of rotatable bonds is 3. The van der Waals surface area contributed by atoms with Gasteiger partial charge in [-0.25, -0.2) is 4.98 Å². The molecule has 0 aliphatic heterocycles. The van der Waals surface area contributed by atoms with Crippen LogP contribution in [0.2, 0.25) is 0 Å². The first-order valence-electron chi connectivity index (χ1n) is 4.88. The predicted molar refractivity (Wildman–Crippen MR) is 61.7 cm³/mol. The molecule has 1 atom stereocenters. The van der Waals surface area contributed by atoms with Gasteiger partial charge in [0, 0.05) is 12.3 Å². The summed E-state index contributed by atoms with van der Waals surface area (Å²) < 4.78 is 5.03. The molecule has 0 aliphatic rings. The van der Waals surface area contributed by atoms with Crippen LogP contribution in [0.3, 0.4) is 0 Å². The lowest BCUT2D eigenvalue weighted by Gasteiger charge is -1.97. The third-order valence-corrected chi connectivity index (χ3v) is 2.94. The smallest absolute Gasteiger partial charge is 0.322 e. The van der Waals surface area contributed by atoms with E-state index in [4.69, 9.17) is 10.2 Å². The van der Waals surface area contributed by atoms with E-state index in [9.17, 15) is 4.79 Å². The van der Waals surface area contributed by atoms with Crippen LogP contribution in [0.25, 0.3) is 0 Å². The highest BCUT2D eigenvalue weighted by Crippen LogP contribution is 2.16. The molecule has 2 aromatic rings. The zero-order valence-corrected chi connectivity index (χ0v) is 10.1. The van der Waals surface area contributed by atoms with Crippen LogP contribution in [0.4, 0.5) is 6.01 Å². The lowest BCUT2D eigenvalue weighted by atomic mass is 10.4. The standard InChI is InChI=1S/C9H11N5O2S/c1-4(10)8-11-6(3-17-8)7(15)12-9-14-13-5(2)16-9/h3-4H,10H2,1-2H3,(H,12,14,15). The van der Waals surface area contributed by atoms with E-state index in [0.29, 0.717) is 10.9 Å². The molecule has 1 unspecified atom stereocenters. The Labute approximate surface area is 101 Å². The number of anilines is 1. The third-order valence-electron chi connectivity index (χ3n) is 1.89. The van der Waals surface area contributed by atoms with Crippen LogP contribution in [-0.4, -0.2) is 21.1 Å². The Balaban J connectivity index is 2.09. The second-order valence-corrected chi connectivity index (χ2v) is 4.33. The number of amides is 1. The minimum absolute atomic E-state index is 0.0582. The summed E-state index contributed by atoms with van der Waals surface area (Å²) in [6.45, 7) is 3.45. The summed E-state index contributed by atoms with van der Waals surface area (Å²) in [7, 11) is 0. The highest BCUT2D eigenvalue weighted by molar-refractivity contribution is 7.09. The molecule has 0 saturated heterocycles. The van der Waals surface area contributed by atoms with Crippen LogP contribution >= 0.6 is 11.3 Å². The fourth-order valence-corrected chi connectivity index (χ4v) is 1.87. The molecule has 3 N–H and O–H groups in total.